The van der Waals surface area contributed by atoms with E-state index in [1.807, 2.05) is 11.4 Å². The Hall–Kier alpha value is -2.40. The maximum absolute atomic E-state index is 13.4. The number of benzene rings is 2. The fourth-order valence-electron chi connectivity index (χ4n) is 4.33. The average Bonchev–Trinajstić information content (AvgIpc) is 3.43. The van der Waals surface area contributed by atoms with E-state index in [0.717, 1.165) is 55.4 Å². The molecule has 1 fully saturated rings. The summed E-state index contributed by atoms with van der Waals surface area (Å²) in [4.78, 5) is 2.57. The third-order valence-corrected chi connectivity index (χ3v) is 8.16. The van der Waals surface area contributed by atoms with Crippen molar-refractivity contribution in [2.75, 3.05) is 26.2 Å². The Labute approximate surface area is 189 Å². The average molecular weight is 475 g/mol. The van der Waals surface area contributed by atoms with Crippen molar-refractivity contribution in [3.05, 3.63) is 53.3 Å². The zero-order chi connectivity index (χ0) is 22.1. The van der Waals surface area contributed by atoms with Crippen LogP contribution in [-0.2, 0) is 10.0 Å². The summed E-state index contributed by atoms with van der Waals surface area (Å²) in [5, 5.41) is 7.76. The highest BCUT2D eigenvalue weighted by molar-refractivity contribution is 7.89. The molecule has 168 valence electrons. The summed E-state index contributed by atoms with van der Waals surface area (Å²) in [6, 6.07) is 9.74. The van der Waals surface area contributed by atoms with E-state index < -0.39 is 10.0 Å². The molecule has 7 nitrogen and oxygen atoms in total. The first kappa shape index (κ1) is 21.4. The molecule has 0 amide bonds. The van der Waals surface area contributed by atoms with Crippen molar-refractivity contribution in [1.82, 2.24) is 19.2 Å². The second-order valence-electron chi connectivity index (χ2n) is 8.08. The molecule has 3 heterocycles. The van der Waals surface area contributed by atoms with Crippen molar-refractivity contribution >= 4 is 43.4 Å². The molecule has 5 rings (SSSR count). The molecular weight excluding hydrogens is 451 g/mol. The topological polar surface area (TPSA) is 88.3 Å². The van der Waals surface area contributed by atoms with E-state index in [1.54, 1.807) is 18.2 Å². The van der Waals surface area contributed by atoms with Gasteiger partial charge in [0, 0.05) is 34.7 Å². The van der Waals surface area contributed by atoms with Gasteiger partial charge in [0.2, 0.25) is 10.0 Å². The fourth-order valence-corrected chi connectivity index (χ4v) is 6.29. The lowest BCUT2D eigenvalue weighted by Gasteiger charge is -2.31. The maximum atomic E-state index is 13.4. The molecular formula is C22H23FN4O3S2. The van der Waals surface area contributed by atoms with Crippen LogP contribution in [-0.4, -0.2) is 49.0 Å². The van der Waals surface area contributed by atoms with Crippen molar-refractivity contribution in [3.8, 4) is 0 Å². The van der Waals surface area contributed by atoms with Gasteiger partial charge in [-0.25, -0.2) is 17.5 Å². The van der Waals surface area contributed by atoms with E-state index in [1.165, 1.54) is 23.7 Å². The Kier molecular flexibility index (Phi) is 5.93. The predicted octanol–water partition coefficient (Wildman–Crippen LogP) is 4.12. The second-order valence-corrected chi connectivity index (χ2v) is 10.4. The summed E-state index contributed by atoms with van der Waals surface area (Å²) in [6.07, 6.45) is 2.61. The largest absolute Gasteiger partial charge is 0.356 e. The Bertz CT molecular complexity index is 1340. The van der Waals surface area contributed by atoms with E-state index in [9.17, 15) is 12.8 Å². The predicted molar refractivity (Wildman–Crippen MR) is 122 cm³/mol. The zero-order valence-electron chi connectivity index (χ0n) is 17.3. The maximum Gasteiger partial charge on any atom is 0.242 e. The Morgan fingerprint density at radius 3 is 2.91 bits per heavy atom. The first-order chi connectivity index (χ1) is 15.5. The van der Waals surface area contributed by atoms with Crippen molar-refractivity contribution in [2.45, 2.75) is 30.1 Å². The molecule has 0 radical (unpaired) electrons. The van der Waals surface area contributed by atoms with Crippen molar-refractivity contribution in [2.24, 2.45) is 0 Å². The highest BCUT2D eigenvalue weighted by atomic mass is 32.2. The van der Waals surface area contributed by atoms with Crippen LogP contribution in [0.15, 0.2) is 51.2 Å². The number of nitrogens with one attached hydrogen (secondary N) is 1. The zero-order valence-corrected chi connectivity index (χ0v) is 19.0. The molecule has 10 heteroatoms. The van der Waals surface area contributed by atoms with Crippen molar-refractivity contribution in [3.63, 3.8) is 0 Å². The molecule has 0 atom stereocenters. The first-order valence-corrected chi connectivity index (χ1v) is 12.9. The minimum absolute atomic E-state index is 0.233. The normalized spacial score (nSPS) is 16.3. The minimum atomic E-state index is -3.59. The van der Waals surface area contributed by atoms with Gasteiger partial charge in [0.25, 0.3) is 0 Å². The number of nitrogens with zero attached hydrogens (tertiary/aromatic N) is 3. The summed E-state index contributed by atoms with van der Waals surface area (Å²) in [5.74, 6) is -0.0380. The van der Waals surface area contributed by atoms with Crippen LogP contribution in [0.5, 0.6) is 0 Å². The number of hydrogen-bond acceptors (Lipinski definition) is 7. The molecule has 32 heavy (non-hydrogen) atoms. The molecule has 1 aliphatic heterocycles. The number of halogens is 1. The lowest BCUT2D eigenvalue weighted by atomic mass is 9.91. The van der Waals surface area contributed by atoms with Gasteiger partial charge in [-0.2, -0.15) is 4.37 Å². The minimum Gasteiger partial charge on any atom is -0.356 e. The van der Waals surface area contributed by atoms with Gasteiger partial charge in [0.1, 0.15) is 16.2 Å². The molecule has 0 saturated carbocycles. The Morgan fingerprint density at radius 1 is 1.22 bits per heavy atom. The van der Waals surface area contributed by atoms with Crippen LogP contribution in [0.3, 0.4) is 0 Å². The van der Waals surface area contributed by atoms with Gasteiger partial charge >= 0.3 is 0 Å². The van der Waals surface area contributed by atoms with E-state index in [2.05, 4.69) is 19.2 Å². The fraction of sp³-hybridized carbons (Fsp3) is 0.364. The van der Waals surface area contributed by atoms with Gasteiger partial charge in [-0.15, -0.1) is 0 Å². The molecule has 0 unspecified atom stereocenters. The number of piperidine rings is 1. The highest BCUT2D eigenvalue weighted by Crippen LogP contribution is 2.32. The molecule has 1 aliphatic rings. The smallest absolute Gasteiger partial charge is 0.242 e. The molecule has 0 spiro atoms. The molecule has 0 bridgehead atoms. The van der Waals surface area contributed by atoms with E-state index in [-0.39, 0.29) is 16.6 Å². The van der Waals surface area contributed by atoms with Gasteiger partial charge in [-0.05, 0) is 68.6 Å². The van der Waals surface area contributed by atoms with Crippen molar-refractivity contribution in [1.29, 1.82) is 0 Å². The summed E-state index contributed by atoms with van der Waals surface area (Å²) < 4.78 is 51.0. The summed E-state index contributed by atoms with van der Waals surface area (Å²) in [5.41, 5.74) is 1.92. The third-order valence-electron chi connectivity index (χ3n) is 6.02. The van der Waals surface area contributed by atoms with Crippen LogP contribution in [0.1, 0.15) is 30.9 Å². The van der Waals surface area contributed by atoms with Crippen LogP contribution in [0, 0.1) is 5.82 Å². The second kappa shape index (κ2) is 8.86. The Balaban J connectivity index is 1.12. The van der Waals surface area contributed by atoms with Crippen LogP contribution in [0.4, 0.5) is 4.39 Å². The number of likely N-dealkylation sites (tertiary alicyclic amines) is 1. The number of fused-ring (bicyclic) bond motifs is 2. The van der Waals surface area contributed by atoms with E-state index in [0.29, 0.717) is 17.6 Å². The first-order valence-electron chi connectivity index (χ1n) is 10.6. The summed E-state index contributed by atoms with van der Waals surface area (Å²) >= 11 is 1.25. The third kappa shape index (κ3) is 4.27. The van der Waals surface area contributed by atoms with Gasteiger partial charge in [-0.1, -0.05) is 17.3 Å². The van der Waals surface area contributed by atoms with Crippen molar-refractivity contribution < 1.29 is 17.3 Å². The molecule has 2 aromatic carbocycles. The van der Waals surface area contributed by atoms with E-state index >= 15 is 0 Å². The number of aromatic nitrogens is 2. The Morgan fingerprint density at radius 2 is 2.06 bits per heavy atom. The lowest BCUT2D eigenvalue weighted by Crippen LogP contribution is -2.35. The van der Waals surface area contributed by atoms with Gasteiger partial charge < -0.3 is 9.42 Å². The van der Waals surface area contributed by atoms with Crippen LogP contribution in [0.2, 0.25) is 0 Å². The number of rotatable bonds is 7. The summed E-state index contributed by atoms with van der Waals surface area (Å²) in [7, 11) is -3.59. The SMILES string of the molecule is O=S(=O)(NCCCN1CCC(c2noc3cc(F)ccc23)CC1)c1cccc2csnc12. The van der Waals surface area contributed by atoms with Crippen LogP contribution < -0.4 is 4.72 Å². The van der Waals surface area contributed by atoms with E-state index in [4.69, 9.17) is 4.52 Å². The molecule has 0 aliphatic carbocycles. The molecule has 1 saturated heterocycles. The van der Waals surface area contributed by atoms with Crippen LogP contribution in [0.25, 0.3) is 21.9 Å². The van der Waals surface area contributed by atoms with Gasteiger partial charge in [0.15, 0.2) is 5.58 Å². The van der Waals surface area contributed by atoms with Crippen LogP contribution >= 0.6 is 11.5 Å². The van der Waals surface area contributed by atoms with Gasteiger partial charge in [-0.3, -0.25) is 0 Å². The molecule has 4 aromatic rings. The number of hydrogen-bond donors (Lipinski definition) is 1. The quantitative estimate of drug-likeness (QED) is 0.405. The lowest BCUT2D eigenvalue weighted by molar-refractivity contribution is 0.208. The van der Waals surface area contributed by atoms with Gasteiger partial charge in [0.05, 0.1) is 5.69 Å². The monoisotopic (exact) mass is 474 g/mol. The highest BCUT2D eigenvalue weighted by Gasteiger charge is 2.25. The standard InChI is InChI=1S/C22H23FN4O3S2/c23-17-5-6-18-19(13-17)30-25-21(18)15-7-11-27(12-8-15)10-2-9-24-32(28,29)20-4-1-3-16-14-31-26-22(16)20/h1,3-6,13-15,24H,2,7-12H2. The molecule has 1 N–H and O–H groups in total. The summed E-state index contributed by atoms with van der Waals surface area (Å²) in [6.45, 7) is 3.01. The number of sulfonamides is 1. The molecule has 2 aromatic heterocycles.